The number of rotatable bonds is 8. The van der Waals surface area contributed by atoms with Gasteiger partial charge in [0.15, 0.2) is 5.13 Å². The molecule has 0 aliphatic rings. The van der Waals surface area contributed by atoms with Crippen molar-refractivity contribution in [3.05, 3.63) is 10.6 Å². The Morgan fingerprint density at radius 2 is 1.79 bits per heavy atom. The third-order valence-electron chi connectivity index (χ3n) is 3.50. The van der Waals surface area contributed by atoms with Gasteiger partial charge in [0.1, 0.15) is 0 Å². The quantitative estimate of drug-likeness (QED) is 0.781. The van der Waals surface area contributed by atoms with Crippen molar-refractivity contribution in [3.8, 4) is 0 Å². The van der Waals surface area contributed by atoms with Crippen LogP contribution in [0.3, 0.4) is 0 Å². The van der Waals surface area contributed by atoms with E-state index < -0.39 is 0 Å². The first-order valence-corrected chi connectivity index (χ1v) is 8.32. The Labute approximate surface area is 122 Å². The average Bonchev–Trinajstić information content (AvgIpc) is 2.81. The van der Waals surface area contributed by atoms with E-state index in [0.717, 1.165) is 26.1 Å². The first-order valence-electron chi connectivity index (χ1n) is 7.51. The van der Waals surface area contributed by atoms with E-state index >= 15 is 0 Å². The van der Waals surface area contributed by atoms with Gasteiger partial charge in [-0.2, -0.15) is 0 Å². The summed E-state index contributed by atoms with van der Waals surface area (Å²) < 4.78 is 0. The molecule has 0 fully saturated rings. The Morgan fingerprint density at radius 1 is 1.16 bits per heavy atom. The van der Waals surface area contributed by atoms with Crippen LogP contribution in [0.4, 0.5) is 5.13 Å². The van der Waals surface area contributed by atoms with Crippen LogP contribution in [0.1, 0.15) is 64.5 Å². The standard InChI is InChI=1S/C15H29N3S/c1-7-12(6)14-13(10-16-11(4)5)19-15(17-14)18(8-2)9-3/h11-12,16H,7-10H2,1-6H3. The molecular weight excluding hydrogens is 254 g/mol. The van der Waals surface area contributed by atoms with Crippen molar-refractivity contribution in [2.75, 3.05) is 18.0 Å². The zero-order valence-corrected chi connectivity index (χ0v) is 14.1. The molecule has 1 atom stereocenters. The maximum Gasteiger partial charge on any atom is 0.185 e. The van der Waals surface area contributed by atoms with Gasteiger partial charge in [0, 0.05) is 30.6 Å². The van der Waals surface area contributed by atoms with Crippen LogP contribution in [-0.2, 0) is 6.54 Å². The van der Waals surface area contributed by atoms with Crippen LogP contribution >= 0.6 is 11.3 Å². The molecule has 0 saturated heterocycles. The van der Waals surface area contributed by atoms with Crippen LogP contribution < -0.4 is 10.2 Å². The summed E-state index contributed by atoms with van der Waals surface area (Å²) >= 11 is 1.85. The summed E-state index contributed by atoms with van der Waals surface area (Å²) in [4.78, 5) is 8.66. The predicted molar refractivity (Wildman–Crippen MR) is 86.4 cm³/mol. The zero-order chi connectivity index (χ0) is 14.4. The fourth-order valence-electron chi connectivity index (χ4n) is 1.98. The fraction of sp³-hybridized carbons (Fsp3) is 0.800. The molecule has 0 bridgehead atoms. The van der Waals surface area contributed by atoms with Crippen LogP contribution in [-0.4, -0.2) is 24.1 Å². The van der Waals surface area contributed by atoms with Crippen molar-refractivity contribution in [3.63, 3.8) is 0 Å². The van der Waals surface area contributed by atoms with Gasteiger partial charge in [-0.15, -0.1) is 11.3 Å². The summed E-state index contributed by atoms with van der Waals surface area (Å²) in [6.45, 7) is 16.3. The summed E-state index contributed by atoms with van der Waals surface area (Å²) in [5, 5.41) is 4.70. The molecule has 1 aromatic heterocycles. The molecule has 3 nitrogen and oxygen atoms in total. The molecular formula is C15H29N3S. The minimum Gasteiger partial charge on any atom is -0.349 e. The number of thiazole rings is 1. The maximum atomic E-state index is 4.91. The fourth-order valence-corrected chi connectivity index (χ4v) is 3.24. The van der Waals surface area contributed by atoms with Crippen LogP contribution in [0, 0.1) is 0 Å². The van der Waals surface area contributed by atoms with Crippen LogP contribution in [0.2, 0.25) is 0 Å². The van der Waals surface area contributed by atoms with Crippen molar-refractivity contribution in [1.29, 1.82) is 0 Å². The van der Waals surface area contributed by atoms with E-state index in [1.165, 1.54) is 15.7 Å². The monoisotopic (exact) mass is 283 g/mol. The Hall–Kier alpha value is -0.610. The molecule has 110 valence electrons. The minimum atomic E-state index is 0.517. The highest BCUT2D eigenvalue weighted by atomic mass is 32.1. The third kappa shape index (κ3) is 4.46. The van der Waals surface area contributed by atoms with Gasteiger partial charge in [-0.1, -0.05) is 27.7 Å². The lowest BCUT2D eigenvalue weighted by molar-refractivity contribution is 0.584. The topological polar surface area (TPSA) is 28.2 Å². The van der Waals surface area contributed by atoms with E-state index in [0.29, 0.717) is 12.0 Å². The van der Waals surface area contributed by atoms with Crippen molar-refractivity contribution in [2.45, 2.75) is 66.5 Å². The second kappa shape index (κ2) is 7.85. The molecule has 0 aromatic carbocycles. The Bertz CT molecular complexity index is 369. The number of hydrogen-bond donors (Lipinski definition) is 1. The van der Waals surface area contributed by atoms with Gasteiger partial charge in [-0.05, 0) is 26.2 Å². The molecule has 0 aliphatic carbocycles. The largest absolute Gasteiger partial charge is 0.349 e. The Kier molecular flexibility index (Phi) is 6.80. The van der Waals surface area contributed by atoms with Crippen molar-refractivity contribution >= 4 is 16.5 Å². The van der Waals surface area contributed by atoms with Crippen LogP contribution in [0.15, 0.2) is 0 Å². The maximum absolute atomic E-state index is 4.91. The van der Waals surface area contributed by atoms with Crippen molar-refractivity contribution < 1.29 is 0 Å². The van der Waals surface area contributed by atoms with Gasteiger partial charge in [-0.25, -0.2) is 4.98 Å². The molecule has 1 heterocycles. The van der Waals surface area contributed by atoms with E-state index in [9.17, 15) is 0 Å². The number of nitrogens with one attached hydrogen (secondary N) is 1. The molecule has 0 spiro atoms. The number of aromatic nitrogens is 1. The average molecular weight is 283 g/mol. The van der Waals surface area contributed by atoms with Gasteiger partial charge in [0.2, 0.25) is 0 Å². The van der Waals surface area contributed by atoms with Gasteiger partial charge in [-0.3, -0.25) is 0 Å². The van der Waals surface area contributed by atoms with Crippen LogP contribution in [0.25, 0.3) is 0 Å². The van der Waals surface area contributed by atoms with Crippen molar-refractivity contribution in [1.82, 2.24) is 10.3 Å². The van der Waals surface area contributed by atoms with Gasteiger partial charge in [0.25, 0.3) is 0 Å². The molecule has 1 rings (SSSR count). The summed E-state index contributed by atoms with van der Waals surface area (Å²) in [6.07, 6.45) is 1.15. The zero-order valence-electron chi connectivity index (χ0n) is 13.3. The molecule has 1 unspecified atom stereocenters. The highest BCUT2D eigenvalue weighted by Crippen LogP contribution is 2.32. The summed E-state index contributed by atoms with van der Waals surface area (Å²) in [5.41, 5.74) is 1.29. The molecule has 19 heavy (non-hydrogen) atoms. The van der Waals surface area contributed by atoms with E-state index in [2.05, 4.69) is 51.8 Å². The molecule has 1 N–H and O–H groups in total. The lowest BCUT2D eigenvalue weighted by Gasteiger charge is -2.16. The van der Waals surface area contributed by atoms with E-state index in [1.807, 2.05) is 11.3 Å². The Morgan fingerprint density at radius 3 is 2.26 bits per heavy atom. The molecule has 0 aliphatic heterocycles. The van der Waals surface area contributed by atoms with Crippen molar-refractivity contribution in [2.24, 2.45) is 0 Å². The highest BCUT2D eigenvalue weighted by Gasteiger charge is 2.18. The molecule has 0 radical (unpaired) electrons. The molecule has 4 heteroatoms. The normalized spacial score (nSPS) is 13.0. The third-order valence-corrected chi connectivity index (χ3v) is 4.63. The van der Waals surface area contributed by atoms with E-state index in [-0.39, 0.29) is 0 Å². The van der Waals surface area contributed by atoms with Gasteiger partial charge >= 0.3 is 0 Å². The number of nitrogens with zero attached hydrogens (tertiary/aromatic N) is 2. The summed E-state index contributed by atoms with van der Waals surface area (Å²) in [7, 11) is 0. The lowest BCUT2D eigenvalue weighted by atomic mass is 10.0. The van der Waals surface area contributed by atoms with E-state index in [1.54, 1.807) is 0 Å². The highest BCUT2D eigenvalue weighted by molar-refractivity contribution is 7.15. The number of hydrogen-bond acceptors (Lipinski definition) is 4. The Balaban J connectivity index is 2.97. The first-order chi connectivity index (χ1) is 9.03. The van der Waals surface area contributed by atoms with Gasteiger partial charge < -0.3 is 10.2 Å². The SMILES string of the molecule is CCC(C)c1nc(N(CC)CC)sc1CNC(C)C. The smallest absolute Gasteiger partial charge is 0.185 e. The van der Waals surface area contributed by atoms with Gasteiger partial charge in [0.05, 0.1) is 5.69 Å². The molecule has 0 amide bonds. The number of anilines is 1. The molecule has 0 saturated carbocycles. The molecule has 1 aromatic rings. The lowest BCUT2D eigenvalue weighted by Crippen LogP contribution is -2.22. The minimum absolute atomic E-state index is 0.517. The van der Waals surface area contributed by atoms with Crippen LogP contribution in [0.5, 0.6) is 0 Å². The second-order valence-electron chi connectivity index (χ2n) is 5.32. The second-order valence-corrected chi connectivity index (χ2v) is 6.38. The van der Waals surface area contributed by atoms with E-state index in [4.69, 9.17) is 4.98 Å². The summed E-state index contributed by atoms with van der Waals surface area (Å²) in [6, 6.07) is 0.517. The predicted octanol–water partition coefficient (Wildman–Crippen LogP) is 4.00. The first kappa shape index (κ1) is 16.4. The summed E-state index contributed by atoms with van der Waals surface area (Å²) in [5.74, 6) is 0.546.